The van der Waals surface area contributed by atoms with Crippen LogP contribution in [0.1, 0.15) is 0 Å². The minimum absolute atomic E-state index is 0.180. The highest BCUT2D eigenvalue weighted by Gasteiger charge is 1.78. The molecule has 0 radical (unpaired) electrons. The fourth-order valence-electron chi connectivity index (χ4n) is 0.233. The van der Waals surface area contributed by atoms with E-state index in [0.717, 1.165) is 6.21 Å². The summed E-state index contributed by atoms with van der Waals surface area (Å²) in [5, 5.41) is 3.45. The Labute approximate surface area is 66.3 Å². The molecule has 0 aromatic heterocycles. The molecule has 1 atom stereocenters. The van der Waals surface area contributed by atoms with Crippen molar-refractivity contribution in [2.24, 2.45) is 15.2 Å². The van der Waals surface area contributed by atoms with E-state index < -0.39 is 11.3 Å². The van der Waals surface area contributed by atoms with E-state index in [2.05, 4.69) is 21.5 Å². The zero-order valence-electron chi connectivity index (χ0n) is 5.60. The van der Waals surface area contributed by atoms with Crippen LogP contribution in [-0.4, -0.2) is 21.2 Å². The number of rotatable bonds is 4. The van der Waals surface area contributed by atoms with Gasteiger partial charge in [-0.15, -0.1) is 0 Å². The molecule has 0 rings (SSSR count). The highest BCUT2D eigenvalue weighted by Crippen LogP contribution is 1.69. The van der Waals surface area contributed by atoms with Crippen molar-refractivity contribution in [2.45, 2.75) is 0 Å². The smallest absolute Gasteiger partial charge is 0.281 e. The average Bonchev–Trinajstić information content (AvgIpc) is 1.85. The Morgan fingerprint density at radius 2 is 2.36 bits per heavy atom. The van der Waals surface area contributed by atoms with Gasteiger partial charge in [-0.05, 0) is 0 Å². The summed E-state index contributed by atoms with van der Waals surface area (Å²) in [5.74, 6) is 0.180. The normalized spacial score (nSPS) is 13.9. The lowest BCUT2D eigenvalue weighted by Crippen LogP contribution is -2.12. The molecule has 62 valence electrons. The second-order valence-corrected chi connectivity index (χ2v) is 2.07. The Balaban J connectivity index is 3.60. The molecule has 6 nitrogen and oxygen atoms in total. The predicted octanol–water partition coefficient (Wildman–Crippen LogP) is -0.801. The second-order valence-electron chi connectivity index (χ2n) is 1.40. The first-order valence-electron chi connectivity index (χ1n) is 2.50. The molecule has 7 heteroatoms. The van der Waals surface area contributed by atoms with Crippen molar-refractivity contribution in [3.63, 3.8) is 0 Å². The lowest BCUT2D eigenvalue weighted by atomic mass is 10.8. The van der Waals surface area contributed by atoms with Crippen LogP contribution in [0.25, 0.3) is 0 Å². The van der Waals surface area contributed by atoms with Crippen molar-refractivity contribution in [3.05, 3.63) is 12.4 Å². The van der Waals surface area contributed by atoms with Crippen LogP contribution < -0.4 is 11.2 Å². The summed E-state index contributed by atoms with van der Waals surface area (Å²) in [6, 6.07) is 0. The van der Waals surface area contributed by atoms with Crippen LogP contribution in [0.15, 0.2) is 21.9 Å². The van der Waals surface area contributed by atoms with Crippen molar-refractivity contribution in [1.29, 1.82) is 0 Å². The van der Waals surface area contributed by atoms with Gasteiger partial charge in [0.1, 0.15) is 5.82 Å². The minimum atomic E-state index is -2.18. The molecule has 0 aliphatic heterocycles. The van der Waals surface area contributed by atoms with E-state index in [9.17, 15) is 4.21 Å². The highest BCUT2D eigenvalue weighted by molar-refractivity contribution is 7.78. The monoisotopic (exact) mass is 176 g/mol. The van der Waals surface area contributed by atoms with Gasteiger partial charge in [-0.25, -0.2) is 4.21 Å². The molecule has 0 aromatic rings. The number of hydrogen-bond acceptors (Lipinski definition) is 4. The summed E-state index contributed by atoms with van der Waals surface area (Å²) >= 11 is -2.18. The quantitative estimate of drug-likeness (QED) is 0.296. The molecule has 0 aliphatic rings. The van der Waals surface area contributed by atoms with Gasteiger partial charge in [-0.1, -0.05) is 6.58 Å². The molecule has 1 unspecified atom stereocenters. The molecule has 0 spiro atoms. The zero-order valence-corrected chi connectivity index (χ0v) is 6.41. The Hall–Kier alpha value is -1.21. The van der Waals surface area contributed by atoms with Gasteiger partial charge in [0.25, 0.3) is 11.3 Å². The number of nitrogens with two attached hydrogens (primary N) is 1. The van der Waals surface area contributed by atoms with Crippen LogP contribution in [0, 0.1) is 0 Å². The van der Waals surface area contributed by atoms with Crippen molar-refractivity contribution in [3.8, 4) is 0 Å². The van der Waals surface area contributed by atoms with Gasteiger partial charge in [0.05, 0.1) is 12.4 Å². The minimum Gasteiger partial charge on any atom is -0.385 e. The number of nitrogens with zero attached hydrogens (tertiary/aromatic N) is 2. The van der Waals surface area contributed by atoms with Gasteiger partial charge >= 0.3 is 0 Å². The maximum Gasteiger partial charge on any atom is 0.281 e. The standard InChI is InChI=1S/C4H8N4O2S/c1-4(5)8-6-2-3-7-11(9)10/h2-3,8H,1,5H2,(H,9,10)/b6-2?,7-3-. The van der Waals surface area contributed by atoms with E-state index in [4.69, 9.17) is 10.3 Å². The Bertz CT molecular complexity index is 212. The largest absolute Gasteiger partial charge is 0.385 e. The van der Waals surface area contributed by atoms with Gasteiger partial charge < -0.3 is 5.73 Å². The molecule has 11 heavy (non-hydrogen) atoms. The molecule has 0 bridgehead atoms. The van der Waals surface area contributed by atoms with Crippen LogP contribution in [0.4, 0.5) is 0 Å². The first-order chi connectivity index (χ1) is 5.13. The lowest BCUT2D eigenvalue weighted by Gasteiger charge is -1.91. The summed E-state index contributed by atoms with van der Waals surface area (Å²) < 4.78 is 21.1. The summed E-state index contributed by atoms with van der Waals surface area (Å²) in [6.45, 7) is 3.29. The third-order valence-electron chi connectivity index (χ3n) is 0.500. The summed E-state index contributed by atoms with van der Waals surface area (Å²) in [5.41, 5.74) is 7.36. The maximum absolute atomic E-state index is 9.89. The molecule has 0 aliphatic carbocycles. The van der Waals surface area contributed by atoms with Crippen LogP contribution in [-0.2, 0) is 11.3 Å². The van der Waals surface area contributed by atoms with E-state index in [1.165, 1.54) is 6.21 Å². The Morgan fingerprint density at radius 3 is 2.82 bits per heavy atom. The second kappa shape index (κ2) is 5.57. The van der Waals surface area contributed by atoms with Gasteiger partial charge in [0.15, 0.2) is 0 Å². The van der Waals surface area contributed by atoms with E-state index in [-0.39, 0.29) is 5.82 Å². The molecule has 0 amide bonds. The topological polar surface area (TPSA) is 100 Å². The van der Waals surface area contributed by atoms with E-state index in [0.29, 0.717) is 0 Å². The Kier molecular flexibility index (Phi) is 4.95. The van der Waals surface area contributed by atoms with Gasteiger partial charge in [0.2, 0.25) is 0 Å². The van der Waals surface area contributed by atoms with Gasteiger partial charge in [-0.2, -0.15) is 9.50 Å². The molecular weight excluding hydrogens is 168 g/mol. The number of hydrazone groups is 1. The average molecular weight is 176 g/mol. The van der Waals surface area contributed by atoms with Gasteiger partial charge in [0, 0.05) is 0 Å². The predicted molar refractivity (Wildman–Crippen MR) is 44.2 cm³/mol. The SMILES string of the molecule is C=C(N)NN=C/C=N\S(=O)O. The number of hydrogen-bond donors (Lipinski definition) is 3. The summed E-state index contributed by atoms with van der Waals surface area (Å²) in [4.78, 5) is 0. The van der Waals surface area contributed by atoms with E-state index in [1.807, 2.05) is 0 Å². The lowest BCUT2D eigenvalue weighted by molar-refractivity contribution is 0.567. The van der Waals surface area contributed by atoms with Crippen molar-refractivity contribution in [2.75, 3.05) is 0 Å². The molecule has 0 heterocycles. The summed E-state index contributed by atoms with van der Waals surface area (Å²) in [7, 11) is 0. The maximum atomic E-state index is 9.89. The fraction of sp³-hybridized carbons (Fsp3) is 0. The van der Waals surface area contributed by atoms with Crippen molar-refractivity contribution in [1.82, 2.24) is 5.43 Å². The molecular formula is C4H8N4O2S. The van der Waals surface area contributed by atoms with Crippen LogP contribution in [0.5, 0.6) is 0 Å². The Morgan fingerprint density at radius 1 is 1.73 bits per heavy atom. The van der Waals surface area contributed by atoms with Crippen molar-refractivity contribution >= 4 is 23.7 Å². The molecule has 0 saturated heterocycles. The molecule has 0 fully saturated rings. The molecule has 0 aromatic carbocycles. The van der Waals surface area contributed by atoms with E-state index in [1.54, 1.807) is 0 Å². The van der Waals surface area contributed by atoms with Crippen LogP contribution in [0.2, 0.25) is 0 Å². The third-order valence-corrected chi connectivity index (χ3v) is 0.802. The van der Waals surface area contributed by atoms with Crippen molar-refractivity contribution < 1.29 is 8.76 Å². The first-order valence-corrected chi connectivity index (χ1v) is 3.56. The van der Waals surface area contributed by atoms with Crippen LogP contribution >= 0.6 is 0 Å². The summed E-state index contributed by atoms with van der Waals surface area (Å²) in [6.07, 6.45) is 2.23. The van der Waals surface area contributed by atoms with E-state index >= 15 is 0 Å². The van der Waals surface area contributed by atoms with Crippen LogP contribution in [0.3, 0.4) is 0 Å². The zero-order chi connectivity index (χ0) is 8.69. The van der Waals surface area contributed by atoms with Gasteiger partial charge in [-0.3, -0.25) is 9.98 Å². The molecule has 4 N–H and O–H groups in total. The third kappa shape index (κ3) is 8.79. The number of nitrogens with one attached hydrogen (secondary N) is 1. The fourth-order valence-corrected chi connectivity index (χ4v) is 0.391. The first kappa shape index (κ1) is 9.79. The highest BCUT2D eigenvalue weighted by atomic mass is 32.2. The molecule has 0 saturated carbocycles.